The standard InChI is InChI=1S/C14H14ClN3O3S/c1-22(20,21)18-13-5-4-11(7-12(13)15)14(19)17-9-10-3-2-6-16-8-10/h2-8,18H,9H2,1H3,(H,17,19). The van der Waals surface area contributed by atoms with E-state index in [1.54, 1.807) is 18.5 Å². The van der Waals surface area contributed by atoms with E-state index < -0.39 is 10.0 Å². The normalized spacial score (nSPS) is 11.0. The predicted molar refractivity (Wildman–Crippen MR) is 85.3 cm³/mol. The molecular formula is C14H14ClN3O3S. The molecule has 0 saturated carbocycles. The maximum Gasteiger partial charge on any atom is 0.251 e. The van der Waals surface area contributed by atoms with Gasteiger partial charge in [-0.3, -0.25) is 14.5 Å². The molecule has 0 bridgehead atoms. The first-order valence-electron chi connectivity index (χ1n) is 6.29. The van der Waals surface area contributed by atoms with Crippen molar-refractivity contribution in [2.75, 3.05) is 11.0 Å². The first kappa shape index (κ1) is 16.3. The molecule has 2 aromatic rings. The van der Waals surface area contributed by atoms with Gasteiger partial charge in [-0.05, 0) is 29.8 Å². The summed E-state index contributed by atoms with van der Waals surface area (Å²) >= 11 is 5.98. The third-order valence-electron chi connectivity index (χ3n) is 2.70. The van der Waals surface area contributed by atoms with Gasteiger partial charge in [-0.1, -0.05) is 17.7 Å². The van der Waals surface area contributed by atoms with Gasteiger partial charge in [0.15, 0.2) is 0 Å². The Bertz CT molecular complexity index is 779. The number of rotatable bonds is 5. The Morgan fingerprint density at radius 2 is 2.09 bits per heavy atom. The number of aromatic nitrogens is 1. The summed E-state index contributed by atoms with van der Waals surface area (Å²) in [5, 5.41) is 2.89. The molecule has 1 aromatic carbocycles. The largest absolute Gasteiger partial charge is 0.348 e. The van der Waals surface area contributed by atoms with Crippen molar-refractivity contribution < 1.29 is 13.2 Å². The van der Waals surface area contributed by atoms with Crippen LogP contribution in [0.3, 0.4) is 0 Å². The van der Waals surface area contributed by atoms with Gasteiger partial charge in [0.1, 0.15) is 0 Å². The number of nitrogens with zero attached hydrogens (tertiary/aromatic N) is 1. The zero-order chi connectivity index (χ0) is 16.2. The Morgan fingerprint density at radius 3 is 2.68 bits per heavy atom. The Labute approximate surface area is 133 Å². The quantitative estimate of drug-likeness (QED) is 0.872. The second kappa shape index (κ2) is 6.76. The zero-order valence-corrected chi connectivity index (χ0v) is 13.3. The number of pyridine rings is 1. The van der Waals surface area contributed by atoms with E-state index in [4.69, 9.17) is 11.6 Å². The van der Waals surface area contributed by atoms with E-state index in [9.17, 15) is 13.2 Å². The van der Waals surface area contributed by atoms with Gasteiger partial charge in [0, 0.05) is 24.5 Å². The lowest BCUT2D eigenvalue weighted by Crippen LogP contribution is -2.23. The van der Waals surface area contributed by atoms with Crippen LogP contribution in [-0.4, -0.2) is 25.6 Å². The van der Waals surface area contributed by atoms with Gasteiger partial charge in [0.2, 0.25) is 10.0 Å². The maximum absolute atomic E-state index is 12.0. The summed E-state index contributed by atoms with van der Waals surface area (Å²) < 4.78 is 24.6. The molecule has 0 fully saturated rings. The molecule has 0 aliphatic heterocycles. The second-order valence-electron chi connectivity index (χ2n) is 4.61. The van der Waals surface area contributed by atoms with Crippen molar-refractivity contribution in [2.45, 2.75) is 6.54 Å². The monoisotopic (exact) mass is 339 g/mol. The SMILES string of the molecule is CS(=O)(=O)Nc1ccc(C(=O)NCc2cccnc2)cc1Cl. The van der Waals surface area contributed by atoms with E-state index in [0.717, 1.165) is 11.8 Å². The van der Waals surface area contributed by atoms with E-state index in [2.05, 4.69) is 15.0 Å². The Hall–Kier alpha value is -2.12. The van der Waals surface area contributed by atoms with Crippen LogP contribution in [0.5, 0.6) is 0 Å². The molecule has 2 N–H and O–H groups in total. The molecule has 116 valence electrons. The summed E-state index contributed by atoms with van der Waals surface area (Å²) in [7, 11) is -3.42. The third-order valence-corrected chi connectivity index (χ3v) is 3.61. The summed E-state index contributed by atoms with van der Waals surface area (Å²) in [4.78, 5) is 16.0. The van der Waals surface area contributed by atoms with Crippen LogP contribution in [0.4, 0.5) is 5.69 Å². The van der Waals surface area contributed by atoms with Crippen molar-refractivity contribution in [1.29, 1.82) is 0 Å². The van der Waals surface area contributed by atoms with Gasteiger partial charge in [0.05, 0.1) is 17.0 Å². The average Bonchev–Trinajstić information content (AvgIpc) is 2.46. The molecule has 8 heteroatoms. The van der Waals surface area contributed by atoms with Crippen molar-refractivity contribution in [3.05, 3.63) is 58.9 Å². The molecule has 1 amide bonds. The summed E-state index contributed by atoms with van der Waals surface area (Å²) in [5.74, 6) is -0.309. The molecule has 1 heterocycles. The van der Waals surface area contributed by atoms with E-state index in [0.29, 0.717) is 12.1 Å². The number of anilines is 1. The topological polar surface area (TPSA) is 88.2 Å². The fourth-order valence-electron chi connectivity index (χ4n) is 1.73. The van der Waals surface area contributed by atoms with Crippen LogP contribution in [0, 0.1) is 0 Å². The molecule has 0 radical (unpaired) electrons. The summed E-state index contributed by atoms with van der Waals surface area (Å²) in [5.41, 5.74) is 1.44. The molecule has 1 aromatic heterocycles. The first-order chi connectivity index (χ1) is 10.3. The molecule has 0 aliphatic carbocycles. The van der Waals surface area contributed by atoms with Crippen molar-refractivity contribution >= 4 is 33.2 Å². The highest BCUT2D eigenvalue weighted by Crippen LogP contribution is 2.23. The van der Waals surface area contributed by atoms with Crippen LogP contribution >= 0.6 is 11.6 Å². The lowest BCUT2D eigenvalue weighted by Gasteiger charge is -2.09. The van der Waals surface area contributed by atoms with Crippen LogP contribution in [0.1, 0.15) is 15.9 Å². The molecule has 22 heavy (non-hydrogen) atoms. The minimum absolute atomic E-state index is 0.152. The highest BCUT2D eigenvalue weighted by Gasteiger charge is 2.11. The van der Waals surface area contributed by atoms with Crippen LogP contribution in [-0.2, 0) is 16.6 Å². The number of nitrogens with one attached hydrogen (secondary N) is 2. The van der Waals surface area contributed by atoms with E-state index in [1.807, 2.05) is 6.07 Å². The molecular weight excluding hydrogens is 326 g/mol. The minimum atomic E-state index is -3.42. The van der Waals surface area contributed by atoms with Crippen molar-refractivity contribution in [3.63, 3.8) is 0 Å². The van der Waals surface area contributed by atoms with Crippen molar-refractivity contribution in [2.24, 2.45) is 0 Å². The van der Waals surface area contributed by atoms with Gasteiger partial charge >= 0.3 is 0 Å². The number of sulfonamides is 1. The fourth-order valence-corrected chi connectivity index (χ4v) is 2.59. The minimum Gasteiger partial charge on any atom is -0.348 e. The summed E-state index contributed by atoms with van der Waals surface area (Å²) in [6.07, 6.45) is 4.34. The third kappa shape index (κ3) is 4.71. The lowest BCUT2D eigenvalue weighted by molar-refractivity contribution is 0.0951. The van der Waals surface area contributed by atoms with Gasteiger partial charge in [-0.25, -0.2) is 8.42 Å². The van der Waals surface area contributed by atoms with Gasteiger partial charge in [-0.2, -0.15) is 0 Å². The number of carbonyl (C=O) groups is 1. The van der Waals surface area contributed by atoms with Gasteiger partial charge < -0.3 is 5.32 Å². The van der Waals surface area contributed by atoms with Crippen molar-refractivity contribution in [1.82, 2.24) is 10.3 Å². The van der Waals surface area contributed by atoms with Crippen LogP contribution in [0.15, 0.2) is 42.7 Å². The average molecular weight is 340 g/mol. The number of hydrogen-bond donors (Lipinski definition) is 2. The summed E-state index contributed by atoms with van der Waals surface area (Å²) in [6.45, 7) is 0.341. The van der Waals surface area contributed by atoms with Gasteiger partial charge in [-0.15, -0.1) is 0 Å². The fraction of sp³-hybridized carbons (Fsp3) is 0.143. The molecule has 0 atom stereocenters. The number of benzene rings is 1. The molecule has 0 saturated heterocycles. The van der Waals surface area contributed by atoms with Crippen LogP contribution < -0.4 is 10.0 Å². The summed E-state index contributed by atoms with van der Waals surface area (Å²) in [6, 6.07) is 7.98. The molecule has 2 rings (SSSR count). The highest BCUT2D eigenvalue weighted by molar-refractivity contribution is 7.92. The van der Waals surface area contributed by atoms with E-state index >= 15 is 0 Å². The van der Waals surface area contributed by atoms with Gasteiger partial charge in [0.25, 0.3) is 5.91 Å². The number of hydrogen-bond acceptors (Lipinski definition) is 4. The Kier molecular flexibility index (Phi) is 4.99. The molecule has 0 unspecified atom stereocenters. The highest BCUT2D eigenvalue weighted by atomic mass is 35.5. The molecule has 0 aliphatic rings. The first-order valence-corrected chi connectivity index (χ1v) is 8.56. The smallest absolute Gasteiger partial charge is 0.251 e. The van der Waals surface area contributed by atoms with E-state index in [1.165, 1.54) is 18.2 Å². The zero-order valence-electron chi connectivity index (χ0n) is 11.7. The van der Waals surface area contributed by atoms with Crippen LogP contribution in [0.2, 0.25) is 5.02 Å². The van der Waals surface area contributed by atoms with E-state index in [-0.39, 0.29) is 16.6 Å². The Balaban J connectivity index is 2.06. The Morgan fingerprint density at radius 1 is 1.32 bits per heavy atom. The van der Waals surface area contributed by atoms with Crippen molar-refractivity contribution in [3.8, 4) is 0 Å². The number of halogens is 1. The maximum atomic E-state index is 12.0. The number of carbonyl (C=O) groups excluding carboxylic acids is 1. The molecule has 6 nitrogen and oxygen atoms in total. The van der Waals surface area contributed by atoms with Crippen LogP contribution in [0.25, 0.3) is 0 Å². The predicted octanol–water partition coefficient (Wildman–Crippen LogP) is 2.04. The lowest BCUT2D eigenvalue weighted by atomic mass is 10.2. The second-order valence-corrected chi connectivity index (χ2v) is 6.77. The molecule has 0 spiro atoms. The number of amides is 1.